The molecule has 0 aromatic rings. The molecule has 0 fully saturated rings. The summed E-state index contributed by atoms with van der Waals surface area (Å²) in [6.45, 7) is 0. The molecule has 0 unspecified atom stereocenters. The number of rotatable bonds is 1. The van der Waals surface area contributed by atoms with Crippen LogP contribution < -0.4 is 11.5 Å². The molecule has 1 rings (SSSR count). The van der Waals surface area contributed by atoms with Crippen LogP contribution in [0, 0.1) is 0 Å². The van der Waals surface area contributed by atoms with E-state index in [9.17, 15) is 9.59 Å². The predicted octanol–water partition coefficient (Wildman–Crippen LogP) is -0.219. The van der Waals surface area contributed by atoms with Crippen molar-refractivity contribution in [2.45, 2.75) is 6.42 Å². The summed E-state index contributed by atoms with van der Waals surface area (Å²) in [6.07, 6.45) is 1.95. The van der Waals surface area contributed by atoms with Crippen LogP contribution in [-0.4, -0.2) is 11.9 Å². The molecule has 0 heterocycles. The second kappa shape index (κ2) is 3.08. The monoisotopic (exact) mass is 168 g/mol. The first-order valence-corrected chi connectivity index (χ1v) is 3.27. The Labute approximate surface area is 68.7 Å². The first-order chi connectivity index (χ1) is 5.59. The zero-order valence-corrected chi connectivity index (χ0v) is 6.24. The van der Waals surface area contributed by atoms with Crippen LogP contribution >= 0.6 is 0 Å². The normalized spacial score (nSPS) is 16.5. The maximum Gasteiger partial charge on any atom is 0.409 e. The molecule has 1 aliphatic rings. The van der Waals surface area contributed by atoms with Crippen molar-refractivity contribution >= 4 is 11.9 Å². The zero-order chi connectivity index (χ0) is 9.14. The lowest BCUT2D eigenvalue weighted by Gasteiger charge is -2.07. The van der Waals surface area contributed by atoms with Crippen LogP contribution in [0.3, 0.4) is 0 Å². The van der Waals surface area contributed by atoms with Gasteiger partial charge in [-0.3, -0.25) is 4.79 Å². The lowest BCUT2D eigenvalue weighted by Crippen LogP contribution is -2.18. The van der Waals surface area contributed by atoms with Gasteiger partial charge in [-0.2, -0.15) is 0 Å². The molecule has 5 heteroatoms. The van der Waals surface area contributed by atoms with Crippen LogP contribution in [0.5, 0.6) is 0 Å². The van der Waals surface area contributed by atoms with Crippen molar-refractivity contribution in [3.63, 3.8) is 0 Å². The lowest BCUT2D eigenvalue weighted by molar-refractivity contribution is -0.115. The number of nitrogens with two attached hydrogens (primary N) is 2. The summed E-state index contributed by atoms with van der Waals surface area (Å²) < 4.78 is 4.50. The minimum atomic E-state index is -0.917. The molecule has 12 heavy (non-hydrogen) atoms. The van der Waals surface area contributed by atoms with Crippen LogP contribution in [0.25, 0.3) is 0 Å². The Morgan fingerprint density at radius 2 is 2.25 bits per heavy atom. The van der Waals surface area contributed by atoms with Crippen molar-refractivity contribution in [1.82, 2.24) is 0 Å². The van der Waals surface area contributed by atoms with Crippen molar-refractivity contribution in [1.29, 1.82) is 0 Å². The van der Waals surface area contributed by atoms with Crippen LogP contribution in [0.15, 0.2) is 23.6 Å². The topological polar surface area (TPSA) is 95.4 Å². The van der Waals surface area contributed by atoms with Crippen LogP contribution in [0.1, 0.15) is 6.42 Å². The molecule has 0 bridgehead atoms. The highest BCUT2D eigenvalue weighted by Crippen LogP contribution is 2.11. The number of hydrogen-bond acceptors (Lipinski definition) is 4. The predicted molar refractivity (Wildman–Crippen MR) is 40.6 cm³/mol. The Balaban J connectivity index is 2.71. The van der Waals surface area contributed by atoms with Crippen LogP contribution in [-0.2, 0) is 9.53 Å². The van der Waals surface area contributed by atoms with Gasteiger partial charge in [-0.1, -0.05) is 0 Å². The Hall–Kier alpha value is -1.78. The van der Waals surface area contributed by atoms with Crippen molar-refractivity contribution in [3.8, 4) is 0 Å². The van der Waals surface area contributed by atoms with Gasteiger partial charge >= 0.3 is 6.09 Å². The third-order valence-corrected chi connectivity index (χ3v) is 1.33. The third-order valence-electron chi connectivity index (χ3n) is 1.33. The maximum absolute atomic E-state index is 10.8. The minimum Gasteiger partial charge on any atom is -0.411 e. The van der Waals surface area contributed by atoms with E-state index in [0.29, 0.717) is 0 Å². The Kier molecular flexibility index (Phi) is 2.14. The molecule has 0 aromatic heterocycles. The van der Waals surface area contributed by atoms with Crippen molar-refractivity contribution in [2.75, 3.05) is 0 Å². The summed E-state index contributed by atoms with van der Waals surface area (Å²) in [5.74, 6) is 0.0337. The SMILES string of the molecule is NC(=O)OC1=CCC(=O)C(N)=C1. The fourth-order valence-corrected chi connectivity index (χ4v) is 0.791. The number of amides is 1. The first kappa shape index (κ1) is 8.32. The highest BCUT2D eigenvalue weighted by atomic mass is 16.5. The van der Waals surface area contributed by atoms with E-state index in [1.165, 1.54) is 12.2 Å². The van der Waals surface area contributed by atoms with Crippen molar-refractivity contribution in [2.24, 2.45) is 11.5 Å². The number of carbonyl (C=O) groups excluding carboxylic acids is 2. The van der Waals surface area contributed by atoms with Crippen molar-refractivity contribution in [3.05, 3.63) is 23.6 Å². The molecular formula is C7H8N2O3. The van der Waals surface area contributed by atoms with E-state index in [4.69, 9.17) is 11.5 Å². The van der Waals surface area contributed by atoms with Crippen molar-refractivity contribution < 1.29 is 14.3 Å². The second-order valence-electron chi connectivity index (χ2n) is 2.25. The molecule has 64 valence electrons. The Bertz CT molecular complexity index is 291. The average Bonchev–Trinajstić information content (AvgIpc) is 1.96. The van der Waals surface area contributed by atoms with Crippen LogP contribution in [0.2, 0.25) is 0 Å². The summed E-state index contributed by atoms with van der Waals surface area (Å²) in [5.41, 5.74) is 10.1. The van der Waals surface area contributed by atoms with E-state index >= 15 is 0 Å². The second-order valence-corrected chi connectivity index (χ2v) is 2.25. The number of hydrogen-bond donors (Lipinski definition) is 2. The molecule has 0 radical (unpaired) electrons. The van der Waals surface area contributed by atoms with Gasteiger partial charge in [-0.15, -0.1) is 0 Å². The smallest absolute Gasteiger partial charge is 0.409 e. The number of primary amides is 1. The number of Topliss-reactive ketones (excluding diaryl/α,β-unsaturated/α-hetero) is 1. The largest absolute Gasteiger partial charge is 0.411 e. The zero-order valence-electron chi connectivity index (χ0n) is 6.24. The molecule has 0 aliphatic heterocycles. The van der Waals surface area contributed by atoms with Gasteiger partial charge in [0.05, 0.1) is 5.70 Å². The van der Waals surface area contributed by atoms with E-state index in [0.717, 1.165) is 0 Å². The maximum atomic E-state index is 10.8. The highest BCUT2D eigenvalue weighted by Gasteiger charge is 2.12. The quantitative estimate of drug-likeness (QED) is 0.565. The van der Waals surface area contributed by atoms with Gasteiger partial charge in [0, 0.05) is 12.5 Å². The fourth-order valence-electron chi connectivity index (χ4n) is 0.791. The van der Waals surface area contributed by atoms with Crippen LogP contribution in [0.4, 0.5) is 4.79 Å². The molecule has 0 aromatic carbocycles. The molecule has 0 saturated heterocycles. The molecule has 5 nitrogen and oxygen atoms in total. The van der Waals surface area contributed by atoms with Gasteiger partial charge in [0.2, 0.25) is 0 Å². The van der Waals surface area contributed by atoms with Gasteiger partial charge in [-0.25, -0.2) is 4.79 Å². The van der Waals surface area contributed by atoms with E-state index in [-0.39, 0.29) is 23.7 Å². The standard InChI is InChI=1S/C7H8N2O3/c8-5-3-4(12-7(9)11)1-2-6(5)10/h1,3H,2,8H2,(H2,9,11). The van der Waals surface area contributed by atoms with Gasteiger partial charge in [0.25, 0.3) is 0 Å². The summed E-state index contributed by atoms with van der Waals surface area (Å²) in [4.78, 5) is 21.1. The molecular weight excluding hydrogens is 160 g/mol. The number of ketones is 1. The average molecular weight is 168 g/mol. The summed E-state index contributed by atoms with van der Waals surface area (Å²) in [6, 6.07) is 0. The molecule has 4 N–H and O–H groups in total. The Morgan fingerprint density at radius 3 is 2.75 bits per heavy atom. The number of carbonyl (C=O) groups is 2. The van der Waals surface area contributed by atoms with Gasteiger partial charge < -0.3 is 16.2 Å². The number of ether oxygens (including phenoxy) is 1. The molecule has 1 aliphatic carbocycles. The van der Waals surface area contributed by atoms with E-state index in [1.807, 2.05) is 0 Å². The molecule has 0 spiro atoms. The lowest BCUT2D eigenvalue weighted by atomic mass is 10.1. The van der Waals surface area contributed by atoms with Gasteiger partial charge in [-0.05, 0) is 6.08 Å². The third kappa shape index (κ3) is 1.85. The summed E-state index contributed by atoms with van der Waals surface area (Å²) in [7, 11) is 0. The minimum absolute atomic E-state index is 0.0775. The highest BCUT2D eigenvalue weighted by molar-refractivity contribution is 5.97. The van der Waals surface area contributed by atoms with E-state index in [1.54, 1.807) is 0 Å². The number of allylic oxidation sites excluding steroid dienone is 3. The van der Waals surface area contributed by atoms with E-state index < -0.39 is 6.09 Å². The first-order valence-electron chi connectivity index (χ1n) is 3.27. The van der Waals surface area contributed by atoms with E-state index in [2.05, 4.69) is 4.74 Å². The fraction of sp³-hybridized carbons (Fsp3) is 0.143. The molecule has 0 atom stereocenters. The van der Waals surface area contributed by atoms with Gasteiger partial charge in [0.15, 0.2) is 5.78 Å². The molecule has 1 amide bonds. The molecule has 0 saturated carbocycles. The van der Waals surface area contributed by atoms with Gasteiger partial charge in [0.1, 0.15) is 5.76 Å². The summed E-state index contributed by atoms with van der Waals surface area (Å²) in [5, 5.41) is 0. The summed E-state index contributed by atoms with van der Waals surface area (Å²) >= 11 is 0. The Morgan fingerprint density at radius 1 is 1.58 bits per heavy atom.